The maximum atomic E-state index is 6.06. The van der Waals surface area contributed by atoms with Crippen molar-refractivity contribution in [1.29, 1.82) is 0 Å². The van der Waals surface area contributed by atoms with E-state index in [1.54, 1.807) is 0 Å². The SMILES string of the molecule is CCc1cccc2c(N)c(Cl)c(C)nc12. The molecule has 0 aliphatic carbocycles. The van der Waals surface area contributed by atoms with Crippen molar-refractivity contribution in [2.75, 3.05) is 5.73 Å². The van der Waals surface area contributed by atoms with E-state index in [0.29, 0.717) is 10.7 Å². The second-order valence-corrected chi connectivity index (χ2v) is 3.97. The number of hydrogen-bond donors (Lipinski definition) is 1. The number of anilines is 1. The van der Waals surface area contributed by atoms with Gasteiger partial charge in [-0.2, -0.15) is 0 Å². The minimum atomic E-state index is 0.566. The Morgan fingerprint density at radius 3 is 2.80 bits per heavy atom. The van der Waals surface area contributed by atoms with E-state index in [-0.39, 0.29) is 0 Å². The van der Waals surface area contributed by atoms with Crippen molar-refractivity contribution in [1.82, 2.24) is 4.98 Å². The molecule has 0 aliphatic heterocycles. The van der Waals surface area contributed by atoms with Gasteiger partial charge in [-0.15, -0.1) is 0 Å². The van der Waals surface area contributed by atoms with E-state index in [2.05, 4.69) is 18.0 Å². The van der Waals surface area contributed by atoms with Crippen molar-refractivity contribution in [2.24, 2.45) is 0 Å². The van der Waals surface area contributed by atoms with Gasteiger partial charge >= 0.3 is 0 Å². The van der Waals surface area contributed by atoms with Crippen LogP contribution in [0.4, 0.5) is 5.69 Å². The third-order valence-corrected chi connectivity index (χ3v) is 3.10. The van der Waals surface area contributed by atoms with Crippen LogP contribution < -0.4 is 5.73 Å². The first-order valence-corrected chi connectivity index (χ1v) is 5.36. The van der Waals surface area contributed by atoms with Crippen LogP contribution in [0.2, 0.25) is 5.02 Å². The number of aromatic nitrogens is 1. The van der Waals surface area contributed by atoms with Gasteiger partial charge in [-0.3, -0.25) is 4.98 Å². The summed E-state index contributed by atoms with van der Waals surface area (Å²) in [7, 11) is 0. The third-order valence-electron chi connectivity index (χ3n) is 2.62. The average Bonchev–Trinajstić information content (AvgIpc) is 2.25. The Kier molecular flexibility index (Phi) is 2.53. The molecule has 1 heterocycles. The average molecular weight is 221 g/mol. The first-order valence-electron chi connectivity index (χ1n) is 4.98. The highest BCUT2D eigenvalue weighted by molar-refractivity contribution is 6.35. The summed E-state index contributed by atoms with van der Waals surface area (Å²) in [5.41, 5.74) is 9.58. The molecule has 0 bridgehead atoms. The van der Waals surface area contributed by atoms with Gasteiger partial charge in [0.2, 0.25) is 0 Å². The number of para-hydroxylation sites is 1. The van der Waals surface area contributed by atoms with Crippen molar-refractivity contribution >= 4 is 28.2 Å². The van der Waals surface area contributed by atoms with Crippen LogP contribution in [-0.4, -0.2) is 4.98 Å². The lowest BCUT2D eigenvalue weighted by Crippen LogP contribution is -1.97. The van der Waals surface area contributed by atoms with Gasteiger partial charge in [0.05, 0.1) is 21.9 Å². The summed E-state index contributed by atoms with van der Waals surface area (Å²) in [6, 6.07) is 6.02. The molecule has 2 nitrogen and oxygen atoms in total. The Hall–Kier alpha value is -1.28. The van der Waals surface area contributed by atoms with E-state index >= 15 is 0 Å². The van der Waals surface area contributed by atoms with Gasteiger partial charge in [0.25, 0.3) is 0 Å². The predicted molar refractivity (Wildman–Crippen MR) is 65.3 cm³/mol. The molecule has 0 atom stereocenters. The first-order chi connectivity index (χ1) is 7.15. The third kappa shape index (κ3) is 1.55. The lowest BCUT2D eigenvalue weighted by atomic mass is 10.1. The zero-order chi connectivity index (χ0) is 11.0. The van der Waals surface area contributed by atoms with E-state index < -0.39 is 0 Å². The van der Waals surface area contributed by atoms with E-state index in [4.69, 9.17) is 17.3 Å². The summed E-state index contributed by atoms with van der Waals surface area (Å²) in [5.74, 6) is 0. The van der Waals surface area contributed by atoms with Crippen LogP contribution in [0, 0.1) is 6.92 Å². The summed E-state index contributed by atoms with van der Waals surface area (Å²) in [6.45, 7) is 3.99. The van der Waals surface area contributed by atoms with Crippen LogP contribution in [-0.2, 0) is 6.42 Å². The lowest BCUT2D eigenvalue weighted by molar-refractivity contribution is 1.13. The summed E-state index contributed by atoms with van der Waals surface area (Å²) >= 11 is 6.06. The fraction of sp³-hybridized carbons (Fsp3) is 0.250. The van der Waals surface area contributed by atoms with Crippen molar-refractivity contribution in [3.8, 4) is 0 Å². The number of aryl methyl sites for hydroxylation is 2. The van der Waals surface area contributed by atoms with Gasteiger partial charge in [-0.05, 0) is 18.9 Å². The number of pyridine rings is 1. The summed E-state index contributed by atoms with van der Waals surface area (Å²) in [6.07, 6.45) is 0.949. The second kappa shape index (κ2) is 3.70. The van der Waals surface area contributed by atoms with Crippen LogP contribution >= 0.6 is 11.6 Å². The zero-order valence-corrected chi connectivity index (χ0v) is 9.60. The van der Waals surface area contributed by atoms with Gasteiger partial charge < -0.3 is 5.73 Å². The van der Waals surface area contributed by atoms with Crippen molar-refractivity contribution in [3.05, 3.63) is 34.5 Å². The summed E-state index contributed by atoms with van der Waals surface area (Å²) < 4.78 is 0. The molecule has 0 saturated carbocycles. The fourth-order valence-corrected chi connectivity index (χ4v) is 1.90. The van der Waals surface area contributed by atoms with Crippen molar-refractivity contribution < 1.29 is 0 Å². The fourth-order valence-electron chi connectivity index (χ4n) is 1.76. The number of benzene rings is 1. The van der Waals surface area contributed by atoms with Gasteiger partial charge in [-0.25, -0.2) is 0 Å². The number of rotatable bonds is 1. The van der Waals surface area contributed by atoms with E-state index in [0.717, 1.165) is 23.0 Å². The molecule has 0 radical (unpaired) electrons. The quantitative estimate of drug-likeness (QED) is 0.801. The predicted octanol–water partition coefficient (Wildman–Crippen LogP) is 3.34. The molecule has 0 saturated heterocycles. The normalized spacial score (nSPS) is 10.9. The first kappa shape index (κ1) is 10.2. The molecule has 1 aromatic carbocycles. The van der Waals surface area contributed by atoms with Gasteiger partial charge in [0, 0.05) is 5.39 Å². The van der Waals surface area contributed by atoms with Gasteiger partial charge in [0.1, 0.15) is 0 Å². The van der Waals surface area contributed by atoms with Gasteiger partial charge in [-0.1, -0.05) is 36.7 Å². The number of nitrogens with two attached hydrogens (primary N) is 1. The summed E-state index contributed by atoms with van der Waals surface area (Å²) in [4.78, 5) is 4.49. The molecular weight excluding hydrogens is 208 g/mol. The molecule has 1 aromatic heterocycles. The Balaban J connectivity index is 2.91. The molecule has 78 valence electrons. The molecule has 0 unspecified atom stereocenters. The number of nitrogen functional groups attached to an aromatic ring is 1. The zero-order valence-electron chi connectivity index (χ0n) is 8.84. The van der Waals surface area contributed by atoms with Crippen LogP contribution in [0.3, 0.4) is 0 Å². The molecule has 0 amide bonds. The van der Waals surface area contributed by atoms with E-state index in [1.165, 1.54) is 5.56 Å². The molecule has 0 spiro atoms. The highest BCUT2D eigenvalue weighted by atomic mass is 35.5. The Morgan fingerprint density at radius 1 is 1.40 bits per heavy atom. The molecule has 0 aliphatic rings. The number of nitrogens with zero attached hydrogens (tertiary/aromatic N) is 1. The second-order valence-electron chi connectivity index (χ2n) is 3.59. The number of halogens is 1. The topological polar surface area (TPSA) is 38.9 Å². The molecular formula is C12H13ClN2. The van der Waals surface area contributed by atoms with Crippen molar-refractivity contribution in [2.45, 2.75) is 20.3 Å². The molecule has 2 aromatic rings. The maximum Gasteiger partial charge on any atom is 0.0854 e. The molecule has 2 rings (SSSR count). The smallest absolute Gasteiger partial charge is 0.0854 e. The molecule has 15 heavy (non-hydrogen) atoms. The largest absolute Gasteiger partial charge is 0.397 e. The number of hydrogen-bond acceptors (Lipinski definition) is 2. The number of fused-ring (bicyclic) bond motifs is 1. The summed E-state index contributed by atoms with van der Waals surface area (Å²) in [5, 5.41) is 1.51. The van der Waals surface area contributed by atoms with Crippen LogP contribution in [0.15, 0.2) is 18.2 Å². The van der Waals surface area contributed by atoms with E-state index in [9.17, 15) is 0 Å². The van der Waals surface area contributed by atoms with Crippen LogP contribution in [0.25, 0.3) is 10.9 Å². The van der Waals surface area contributed by atoms with Crippen LogP contribution in [0.5, 0.6) is 0 Å². The molecule has 2 N–H and O–H groups in total. The Morgan fingerprint density at radius 2 is 2.13 bits per heavy atom. The van der Waals surface area contributed by atoms with E-state index in [1.807, 2.05) is 19.1 Å². The van der Waals surface area contributed by atoms with Gasteiger partial charge in [0.15, 0.2) is 0 Å². The standard InChI is InChI=1S/C12H13ClN2/c1-3-8-5-4-6-9-11(14)10(13)7(2)15-12(8)9/h4-6H,3H2,1-2H3,(H2,14,15). The minimum Gasteiger partial charge on any atom is -0.397 e. The molecule has 0 fully saturated rings. The van der Waals surface area contributed by atoms with Crippen molar-refractivity contribution in [3.63, 3.8) is 0 Å². The lowest BCUT2D eigenvalue weighted by Gasteiger charge is -2.09. The minimum absolute atomic E-state index is 0.566. The highest BCUT2D eigenvalue weighted by Crippen LogP contribution is 2.31. The molecule has 3 heteroatoms. The Bertz CT molecular complexity index is 521. The monoisotopic (exact) mass is 220 g/mol. The van der Waals surface area contributed by atoms with Crippen LogP contribution in [0.1, 0.15) is 18.2 Å². The highest BCUT2D eigenvalue weighted by Gasteiger charge is 2.09. The maximum absolute atomic E-state index is 6.06. The Labute approximate surface area is 94.1 Å².